The smallest absolute Gasteiger partial charge is 0.410 e. The number of hydrogen-bond acceptors (Lipinski definition) is 2. The van der Waals surface area contributed by atoms with Gasteiger partial charge in [-0.05, 0) is 37.7 Å². The Morgan fingerprint density at radius 1 is 1.40 bits per heavy atom. The van der Waals surface area contributed by atoms with Gasteiger partial charge in [-0.1, -0.05) is 36.4 Å². The molecule has 1 aromatic rings. The van der Waals surface area contributed by atoms with Crippen LogP contribution in [0.1, 0.15) is 37.7 Å². The second kappa shape index (κ2) is 7.73. The highest BCUT2D eigenvalue weighted by atomic mass is 16.6. The molecular formula is C17H23NO2. The lowest BCUT2D eigenvalue weighted by Gasteiger charge is -2.24. The summed E-state index contributed by atoms with van der Waals surface area (Å²) in [6, 6.07) is 10.2. The summed E-state index contributed by atoms with van der Waals surface area (Å²) in [5.74, 6) is 0. The van der Waals surface area contributed by atoms with E-state index in [4.69, 9.17) is 4.74 Å². The summed E-state index contributed by atoms with van der Waals surface area (Å²) in [5, 5.41) is 0. The van der Waals surface area contributed by atoms with E-state index >= 15 is 0 Å². The molecule has 20 heavy (non-hydrogen) atoms. The Hall–Kier alpha value is -1.77. The Bertz CT molecular complexity index is 430. The van der Waals surface area contributed by atoms with Gasteiger partial charge in [0.15, 0.2) is 0 Å². The molecule has 1 atom stereocenters. The highest BCUT2D eigenvalue weighted by molar-refractivity contribution is 5.68. The van der Waals surface area contributed by atoms with Gasteiger partial charge in [0, 0.05) is 12.6 Å². The van der Waals surface area contributed by atoms with Crippen LogP contribution in [0.2, 0.25) is 0 Å². The van der Waals surface area contributed by atoms with E-state index in [1.807, 2.05) is 41.3 Å². The Morgan fingerprint density at radius 3 is 2.95 bits per heavy atom. The molecule has 3 heteroatoms. The van der Waals surface area contributed by atoms with Crippen LogP contribution in [0.25, 0.3) is 0 Å². The monoisotopic (exact) mass is 273 g/mol. The van der Waals surface area contributed by atoms with Crippen molar-refractivity contribution in [2.24, 2.45) is 0 Å². The topological polar surface area (TPSA) is 29.5 Å². The number of allylic oxidation sites excluding steroid dienone is 1. The molecular weight excluding hydrogens is 250 g/mol. The number of unbranched alkanes of at least 4 members (excludes halogenated alkanes) is 1. The van der Waals surface area contributed by atoms with Crippen LogP contribution in [0.4, 0.5) is 4.79 Å². The number of carbonyl (C=O) groups excluding carboxylic acids is 1. The Morgan fingerprint density at radius 2 is 2.20 bits per heavy atom. The van der Waals surface area contributed by atoms with Crippen molar-refractivity contribution in [2.75, 3.05) is 6.54 Å². The molecule has 0 aliphatic carbocycles. The van der Waals surface area contributed by atoms with Gasteiger partial charge in [0.1, 0.15) is 6.61 Å². The first-order valence-corrected chi connectivity index (χ1v) is 7.39. The fraction of sp³-hybridized carbons (Fsp3) is 0.471. The molecule has 3 nitrogen and oxygen atoms in total. The lowest BCUT2D eigenvalue weighted by atomic mass is 10.1. The van der Waals surface area contributed by atoms with Gasteiger partial charge >= 0.3 is 6.09 Å². The van der Waals surface area contributed by atoms with Crippen molar-refractivity contribution >= 4 is 6.09 Å². The van der Waals surface area contributed by atoms with Crippen LogP contribution in [0.3, 0.4) is 0 Å². The molecule has 108 valence electrons. The Labute approximate surface area is 121 Å². The van der Waals surface area contributed by atoms with E-state index in [1.54, 1.807) is 0 Å². The van der Waals surface area contributed by atoms with E-state index in [0.29, 0.717) is 12.6 Å². The number of benzene rings is 1. The minimum Gasteiger partial charge on any atom is -0.445 e. The molecule has 0 N–H and O–H groups in total. The minimum absolute atomic E-state index is 0.171. The quantitative estimate of drug-likeness (QED) is 0.576. The third kappa shape index (κ3) is 4.12. The molecule has 0 bridgehead atoms. The third-order valence-corrected chi connectivity index (χ3v) is 3.76. The lowest BCUT2D eigenvalue weighted by Crippen LogP contribution is -2.35. The SMILES string of the molecule is C=CCCC[C@@H]1CCCN1C(=O)OCc1ccccc1. The molecule has 0 spiro atoms. The highest BCUT2D eigenvalue weighted by Gasteiger charge is 2.29. The number of likely N-dealkylation sites (tertiary alicyclic amines) is 1. The molecule has 1 amide bonds. The third-order valence-electron chi connectivity index (χ3n) is 3.76. The molecule has 1 heterocycles. The summed E-state index contributed by atoms with van der Waals surface area (Å²) < 4.78 is 5.42. The van der Waals surface area contributed by atoms with E-state index < -0.39 is 0 Å². The highest BCUT2D eigenvalue weighted by Crippen LogP contribution is 2.23. The molecule has 1 aliphatic heterocycles. The van der Waals surface area contributed by atoms with Crippen LogP contribution in [0.5, 0.6) is 0 Å². The molecule has 0 unspecified atom stereocenters. The molecule has 0 saturated carbocycles. The fourth-order valence-corrected chi connectivity index (χ4v) is 2.68. The van der Waals surface area contributed by atoms with E-state index in [-0.39, 0.29) is 6.09 Å². The zero-order chi connectivity index (χ0) is 14.2. The van der Waals surface area contributed by atoms with Gasteiger partial charge in [-0.25, -0.2) is 4.79 Å². The van der Waals surface area contributed by atoms with Gasteiger partial charge < -0.3 is 9.64 Å². The van der Waals surface area contributed by atoms with Crippen LogP contribution in [0, 0.1) is 0 Å². The van der Waals surface area contributed by atoms with Gasteiger partial charge in [-0.15, -0.1) is 6.58 Å². The molecule has 1 aliphatic rings. The second-order valence-electron chi connectivity index (χ2n) is 5.25. The van der Waals surface area contributed by atoms with Gasteiger partial charge in [0.2, 0.25) is 0 Å². The standard InChI is InChI=1S/C17H23NO2/c1-2-3-5-11-16-12-8-13-18(16)17(19)20-14-15-9-6-4-7-10-15/h2,4,6-7,9-10,16H,1,3,5,8,11-14H2/t16-/m1/s1. The van der Waals surface area contributed by atoms with Crippen molar-refractivity contribution in [3.63, 3.8) is 0 Å². The largest absolute Gasteiger partial charge is 0.445 e. The normalized spacial score (nSPS) is 18.0. The van der Waals surface area contributed by atoms with E-state index in [0.717, 1.165) is 44.2 Å². The molecule has 1 fully saturated rings. The number of ether oxygens (including phenoxy) is 1. The summed E-state index contributed by atoms with van der Waals surface area (Å²) in [4.78, 5) is 14.0. The maximum atomic E-state index is 12.1. The van der Waals surface area contributed by atoms with Crippen molar-refractivity contribution in [2.45, 2.75) is 44.8 Å². The number of amides is 1. The average molecular weight is 273 g/mol. The van der Waals surface area contributed by atoms with Gasteiger partial charge in [0.25, 0.3) is 0 Å². The van der Waals surface area contributed by atoms with Crippen LogP contribution < -0.4 is 0 Å². The molecule has 0 aromatic heterocycles. The summed E-state index contributed by atoms with van der Waals surface area (Å²) in [6.07, 6.45) is 7.10. The Balaban J connectivity index is 1.80. The summed E-state index contributed by atoms with van der Waals surface area (Å²) in [6.45, 7) is 4.92. The lowest BCUT2D eigenvalue weighted by molar-refractivity contribution is 0.0906. The maximum absolute atomic E-state index is 12.1. The predicted octanol–water partition coefficient (Wildman–Crippen LogP) is 4.14. The van der Waals surface area contributed by atoms with Crippen molar-refractivity contribution in [1.82, 2.24) is 4.90 Å². The molecule has 0 radical (unpaired) electrons. The predicted molar refractivity (Wildman–Crippen MR) is 80.4 cm³/mol. The number of hydrogen-bond donors (Lipinski definition) is 0. The first-order valence-electron chi connectivity index (χ1n) is 7.39. The zero-order valence-corrected chi connectivity index (χ0v) is 12.0. The van der Waals surface area contributed by atoms with Crippen molar-refractivity contribution in [3.8, 4) is 0 Å². The number of carbonyl (C=O) groups is 1. The maximum Gasteiger partial charge on any atom is 0.410 e. The van der Waals surface area contributed by atoms with Crippen LogP contribution >= 0.6 is 0 Å². The van der Waals surface area contributed by atoms with Crippen molar-refractivity contribution < 1.29 is 9.53 Å². The van der Waals surface area contributed by atoms with Gasteiger partial charge in [-0.2, -0.15) is 0 Å². The van der Waals surface area contributed by atoms with Gasteiger partial charge in [-0.3, -0.25) is 0 Å². The van der Waals surface area contributed by atoms with Crippen LogP contribution in [-0.2, 0) is 11.3 Å². The minimum atomic E-state index is -0.171. The van der Waals surface area contributed by atoms with Gasteiger partial charge in [0.05, 0.1) is 0 Å². The Kier molecular flexibility index (Phi) is 5.66. The summed E-state index contributed by atoms with van der Waals surface area (Å²) >= 11 is 0. The van der Waals surface area contributed by atoms with E-state index in [1.165, 1.54) is 0 Å². The second-order valence-corrected chi connectivity index (χ2v) is 5.25. The number of rotatable bonds is 6. The van der Waals surface area contributed by atoms with Crippen LogP contribution in [-0.4, -0.2) is 23.6 Å². The molecule has 1 aromatic carbocycles. The molecule has 2 rings (SSSR count). The van der Waals surface area contributed by atoms with Crippen LogP contribution in [0.15, 0.2) is 43.0 Å². The summed E-state index contributed by atoms with van der Waals surface area (Å²) in [7, 11) is 0. The van der Waals surface area contributed by atoms with E-state index in [9.17, 15) is 4.79 Å². The first kappa shape index (κ1) is 14.6. The zero-order valence-electron chi connectivity index (χ0n) is 12.0. The van der Waals surface area contributed by atoms with E-state index in [2.05, 4.69) is 6.58 Å². The average Bonchev–Trinajstić information content (AvgIpc) is 2.95. The first-order chi connectivity index (χ1) is 9.81. The summed E-state index contributed by atoms with van der Waals surface area (Å²) in [5.41, 5.74) is 1.03. The van der Waals surface area contributed by atoms with Crippen molar-refractivity contribution in [3.05, 3.63) is 48.6 Å². The number of nitrogens with zero attached hydrogens (tertiary/aromatic N) is 1. The molecule has 1 saturated heterocycles. The van der Waals surface area contributed by atoms with Crippen molar-refractivity contribution in [1.29, 1.82) is 0 Å². The fourth-order valence-electron chi connectivity index (χ4n) is 2.68.